The average Bonchev–Trinajstić information content (AvgIpc) is 2.84. The third-order valence-electron chi connectivity index (χ3n) is 3.83. The van der Waals surface area contributed by atoms with Gasteiger partial charge in [0, 0.05) is 12.1 Å². The fourth-order valence-electron chi connectivity index (χ4n) is 2.75. The van der Waals surface area contributed by atoms with Crippen molar-refractivity contribution < 1.29 is 10.0 Å². The monoisotopic (exact) mass is 250 g/mol. The number of aromatic hydroxyl groups is 1. The second-order valence-electron chi connectivity index (χ2n) is 4.99. The van der Waals surface area contributed by atoms with Crippen LogP contribution in [0.3, 0.4) is 0 Å². The minimum atomic E-state index is -0.469. The average molecular weight is 250 g/mol. The van der Waals surface area contributed by atoms with Gasteiger partial charge in [0.25, 0.3) is 5.69 Å². The van der Waals surface area contributed by atoms with Gasteiger partial charge in [-0.15, -0.1) is 0 Å². The van der Waals surface area contributed by atoms with Gasteiger partial charge in [-0.05, 0) is 37.3 Å². The van der Waals surface area contributed by atoms with Gasteiger partial charge in [-0.25, -0.2) is 0 Å². The molecule has 98 valence electrons. The van der Waals surface area contributed by atoms with Crippen molar-refractivity contribution in [1.29, 1.82) is 0 Å². The van der Waals surface area contributed by atoms with Crippen molar-refractivity contribution in [3.63, 3.8) is 0 Å². The zero-order valence-corrected chi connectivity index (χ0v) is 10.4. The van der Waals surface area contributed by atoms with E-state index < -0.39 is 11.0 Å². The second kappa shape index (κ2) is 4.94. The number of phenols is 1. The highest BCUT2D eigenvalue weighted by Crippen LogP contribution is 2.42. The molecule has 0 saturated heterocycles. The summed E-state index contributed by atoms with van der Waals surface area (Å²) in [5, 5.41) is 21.1. The van der Waals surface area contributed by atoms with Crippen LogP contribution in [0, 0.1) is 23.0 Å². The van der Waals surface area contributed by atoms with Gasteiger partial charge in [-0.2, -0.15) is 0 Å². The molecule has 3 N–H and O–H groups in total. The molecule has 0 aliphatic heterocycles. The van der Waals surface area contributed by atoms with Crippen LogP contribution in [0.25, 0.3) is 0 Å². The normalized spacial score (nSPS) is 17.9. The van der Waals surface area contributed by atoms with E-state index in [-0.39, 0.29) is 17.4 Å². The molecule has 0 aromatic heterocycles. The van der Waals surface area contributed by atoms with Crippen molar-refractivity contribution in [3.8, 4) is 5.75 Å². The van der Waals surface area contributed by atoms with E-state index in [9.17, 15) is 15.2 Å². The summed E-state index contributed by atoms with van der Waals surface area (Å²) in [5.74, 6) is 0.208. The number of hydrogen-bond acceptors (Lipinski definition) is 4. The number of nitro benzene ring substituents is 1. The van der Waals surface area contributed by atoms with Crippen LogP contribution in [0.5, 0.6) is 5.75 Å². The molecule has 0 radical (unpaired) electrons. The molecule has 1 fully saturated rings. The van der Waals surface area contributed by atoms with Crippen molar-refractivity contribution >= 4 is 5.69 Å². The van der Waals surface area contributed by atoms with E-state index in [0.717, 1.165) is 25.7 Å². The van der Waals surface area contributed by atoms with Gasteiger partial charge in [-0.3, -0.25) is 10.1 Å². The quantitative estimate of drug-likeness (QED) is 0.637. The number of phenolic OH excluding ortho intramolecular Hbond substituents is 1. The van der Waals surface area contributed by atoms with Crippen LogP contribution in [-0.4, -0.2) is 10.0 Å². The van der Waals surface area contributed by atoms with Gasteiger partial charge >= 0.3 is 0 Å². The lowest BCUT2D eigenvalue weighted by Gasteiger charge is -2.20. The van der Waals surface area contributed by atoms with Crippen LogP contribution in [0.1, 0.15) is 42.9 Å². The van der Waals surface area contributed by atoms with E-state index in [4.69, 9.17) is 5.73 Å². The lowest BCUT2D eigenvalue weighted by atomic mass is 9.89. The molecule has 1 aliphatic carbocycles. The third kappa shape index (κ3) is 2.18. The summed E-state index contributed by atoms with van der Waals surface area (Å²) in [6, 6.07) is 2.53. The summed E-state index contributed by atoms with van der Waals surface area (Å²) in [7, 11) is 0. The van der Waals surface area contributed by atoms with E-state index in [2.05, 4.69) is 0 Å². The zero-order valence-electron chi connectivity index (χ0n) is 10.4. The van der Waals surface area contributed by atoms with E-state index >= 15 is 0 Å². The zero-order chi connectivity index (χ0) is 13.3. The summed E-state index contributed by atoms with van der Waals surface area (Å²) in [6.45, 7) is 1.73. The summed E-state index contributed by atoms with van der Waals surface area (Å²) in [6.07, 6.45) is 4.18. The van der Waals surface area contributed by atoms with E-state index in [0.29, 0.717) is 11.1 Å². The van der Waals surface area contributed by atoms with Crippen LogP contribution in [-0.2, 0) is 0 Å². The van der Waals surface area contributed by atoms with Gasteiger partial charge in [0.1, 0.15) is 5.75 Å². The van der Waals surface area contributed by atoms with Gasteiger partial charge < -0.3 is 10.8 Å². The van der Waals surface area contributed by atoms with Crippen molar-refractivity contribution in [2.45, 2.75) is 38.6 Å². The van der Waals surface area contributed by atoms with Crippen molar-refractivity contribution in [1.82, 2.24) is 0 Å². The fraction of sp³-hybridized carbons (Fsp3) is 0.538. The van der Waals surface area contributed by atoms with Crippen molar-refractivity contribution in [3.05, 3.63) is 33.4 Å². The highest BCUT2D eigenvalue weighted by molar-refractivity contribution is 5.54. The first-order valence-electron chi connectivity index (χ1n) is 6.24. The van der Waals surface area contributed by atoms with Crippen LogP contribution < -0.4 is 5.73 Å². The predicted molar refractivity (Wildman–Crippen MR) is 68.4 cm³/mol. The first kappa shape index (κ1) is 12.8. The molecule has 0 unspecified atom stereocenters. The Balaban J connectivity index is 2.46. The molecule has 2 rings (SSSR count). The highest BCUT2D eigenvalue weighted by atomic mass is 16.6. The Bertz CT molecular complexity index is 468. The fourth-order valence-corrected chi connectivity index (χ4v) is 2.75. The maximum atomic E-state index is 11.0. The Labute approximate surface area is 106 Å². The van der Waals surface area contributed by atoms with E-state index in [1.165, 1.54) is 6.07 Å². The van der Waals surface area contributed by atoms with Crippen LogP contribution >= 0.6 is 0 Å². The Hall–Kier alpha value is -1.62. The standard InChI is InChI=1S/C13H18N2O3/c1-8-6-7-10(15(17)18)11(13(8)16)12(14)9-4-2-3-5-9/h6-7,9,12,16H,2-5,14H2,1H3/t12-/m1/s1. The van der Waals surface area contributed by atoms with Crippen molar-refractivity contribution in [2.24, 2.45) is 11.7 Å². The molecule has 0 bridgehead atoms. The first-order chi connectivity index (χ1) is 8.52. The Morgan fingerprint density at radius 3 is 2.61 bits per heavy atom. The number of nitro groups is 1. The molecule has 18 heavy (non-hydrogen) atoms. The Kier molecular flexibility index (Phi) is 3.52. The maximum absolute atomic E-state index is 11.0. The Morgan fingerprint density at radius 1 is 1.44 bits per heavy atom. The van der Waals surface area contributed by atoms with Gasteiger partial charge in [0.15, 0.2) is 0 Å². The minimum Gasteiger partial charge on any atom is -0.507 e. The van der Waals surface area contributed by atoms with Crippen LogP contribution in [0.2, 0.25) is 0 Å². The Morgan fingerprint density at radius 2 is 2.06 bits per heavy atom. The van der Waals surface area contributed by atoms with Gasteiger partial charge in [0.2, 0.25) is 0 Å². The molecule has 1 aromatic carbocycles. The highest BCUT2D eigenvalue weighted by Gasteiger charge is 2.31. The molecule has 0 amide bonds. The molecule has 1 aliphatic rings. The summed E-state index contributed by atoms with van der Waals surface area (Å²) >= 11 is 0. The van der Waals surface area contributed by atoms with Gasteiger partial charge in [0.05, 0.1) is 10.5 Å². The number of nitrogens with two attached hydrogens (primary N) is 1. The number of hydrogen-bond donors (Lipinski definition) is 2. The number of nitrogens with zero attached hydrogens (tertiary/aromatic N) is 1. The molecule has 1 atom stereocenters. The van der Waals surface area contributed by atoms with E-state index in [1.54, 1.807) is 13.0 Å². The summed E-state index contributed by atoms with van der Waals surface area (Å²) in [5.41, 5.74) is 7.00. The molecule has 0 heterocycles. The molecule has 5 heteroatoms. The summed E-state index contributed by atoms with van der Waals surface area (Å²) in [4.78, 5) is 10.6. The first-order valence-corrected chi connectivity index (χ1v) is 6.24. The van der Waals surface area contributed by atoms with Crippen molar-refractivity contribution in [2.75, 3.05) is 0 Å². The molecular formula is C13H18N2O3. The molecule has 0 spiro atoms. The SMILES string of the molecule is Cc1ccc([N+](=O)[O-])c([C@H](N)C2CCCC2)c1O. The number of benzene rings is 1. The van der Waals surface area contributed by atoms with Crippen LogP contribution in [0.15, 0.2) is 12.1 Å². The van der Waals surface area contributed by atoms with Gasteiger partial charge in [-0.1, -0.05) is 12.8 Å². The lowest BCUT2D eigenvalue weighted by Crippen LogP contribution is -2.20. The van der Waals surface area contributed by atoms with E-state index in [1.807, 2.05) is 0 Å². The largest absolute Gasteiger partial charge is 0.507 e. The molecule has 1 saturated carbocycles. The number of rotatable bonds is 3. The smallest absolute Gasteiger partial charge is 0.277 e. The van der Waals surface area contributed by atoms with Crippen LogP contribution in [0.4, 0.5) is 5.69 Å². The maximum Gasteiger partial charge on any atom is 0.277 e. The predicted octanol–water partition coefficient (Wildman–Crippen LogP) is 2.80. The topological polar surface area (TPSA) is 89.4 Å². The number of aryl methyl sites for hydroxylation is 1. The minimum absolute atomic E-state index is 0.0244. The second-order valence-corrected chi connectivity index (χ2v) is 4.99. The third-order valence-corrected chi connectivity index (χ3v) is 3.83. The lowest BCUT2D eigenvalue weighted by molar-refractivity contribution is -0.385. The molecular weight excluding hydrogens is 232 g/mol. The molecule has 1 aromatic rings. The molecule has 5 nitrogen and oxygen atoms in total. The summed E-state index contributed by atoms with van der Waals surface area (Å²) < 4.78 is 0.